The first-order valence-electron chi connectivity index (χ1n) is 13.0. The zero-order chi connectivity index (χ0) is 29.9. The summed E-state index contributed by atoms with van der Waals surface area (Å²) in [6.07, 6.45) is -5.73. The van der Waals surface area contributed by atoms with Gasteiger partial charge >= 0.3 is 0 Å². The molecule has 0 saturated carbocycles. The summed E-state index contributed by atoms with van der Waals surface area (Å²) < 4.78 is 77.1. The molecule has 4 aromatic carbocycles. The molecule has 1 aliphatic rings. The lowest BCUT2D eigenvalue weighted by Gasteiger charge is -2.41. The van der Waals surface area contributed by atoms with E-state index in [2.05, 4.69) is 26.2 Å². The van der Waals surface area contributed by atoms with Crippen molar-refractivity contribution in [2.45, 2.75) is 23.7 Å². The number of amidine groups is 1. The quantitative estimate of drug-likeness (QED) is 0.161. The maximum absolute atomic E-state index is 15.5. The van der Waals surface area contributed by atoms with E-state index in [1.807, 2.05) is 54.6 Å². The van der Waals surface area contributed by atoms with Gasteiger partial charge in [0.25, 0.3) is 12.4 Å². The van der Waals surface area contributed by atoms with Crippen LogP contribution in [0.2, 0.25) is 0 Å². The summed E-state index contributed by atoms with van der Waals surface area (Å²) in [6.45, 7) is -0.780. The van der Waals surface area contributed by atoms with E-state index in [1.54, 1.807) is 38.5 Å². The van der Waals surface area contributed by atoms with Gasteiger partial charge in [0, 0.05) is 10.0 Å². The van der Waals surface area contributed by atoms with Crippen molar-refractivity contribution in [3.05, 3.63) is 130 Å². The Bertz CT molecular complexity index is 1510. The lowest BCUT2D eigenvalue weighted by atomic mass is 9.77. The second-order valence-corrected chi connectivity index (χ2v) is 10.6. The average Bonchev–Trinajstić information content (AvgIpc) is 3.02. The number of aliphatic imine (C=N–C) groups is 1. The maximum atomic E-state index is 15.5. The molecule has 5 rings (SSSR count). The molecule has 1 aliphatic heterocycles. The monoisotopic (exact) mass is 642 g/mol. The Kier molecular flexibility index (Phi) is 8.45. The van der Waals surface area contributed by atoms with Crippen LogP contribution >= 0.6 is 15.9 Å². The molecule has 218 valence electrons. The van der Waals surface area contributed by atoms with Crippen molar-refractivity contribution in [3.8, 4) is 11.5 Å². The molecule has 0 aromatic heterocycles. The molecule has 42 heavy (non-hydrogen) atoms. The number of ether oxygens (including phenoxy) is 3. The van der Waals surface area contributed by atoms with E-state index in [-0.39, 0.29) is 6.02 Å². The van der Waals surface area contributed by atoms with Gasteiger partial charge in [-0.25, -0.2) is 22.6 Å². The molecule has 0 radical (unpaired) electrons. The van der Waals surface area contributed by atoms with E-state index in [0.717, 1.165) is 12.1 Å². The highest BCUT2D eigenvalue weighted by Crippen LogP contribution is 2.44. The van der Waals surface area contributed by atoms with Crippen LogP contribution in [0.25, 0.3) is 0 Å². The summed E-state index contributed by atoms with van der Waals surface area (Å²) in [5.41, 5.74) is -2.69. The Balaban J connectivity index is 1.77. The molecule has 0 amide bonds. The molecule has 10 heteroatoms. The smallest absolute Gasteiger partial charge is 0.287 e. The average molecular weight is 643 g/mol. The van der Waals surface area contributed by atoms with Gasteiger partial charge in [0.2, 0.25) is 0 Å². The van der Waals surface area contributed by atoms with Gasteiger partial charge in [-0.3, -0.25) is 0 Å². The molecular weight excluding hydrogens is 616 g/mol. The van der Waals surface area contributed by atoms with Gasteiger partial charge in [-0.1, -0.05) is 70.5 Å². The normalized spacial score (nSPS) is 18.7. The summed E-state index contributed by atoms with van der Waals surface area (Å²) in [6, 6.07) is 26.6. The molecule has 4 aromatic rings. The Morgan fingerprint density at radius 2 is 1.43 bits per heavy atom. The SMILES string of the molecule is COc1ccc(C(NC2=N[C@@](c3cc(Br)ccc3F)(C(F)F)[C@@H](F)CO2)(c2ccccc2)c2ccc(OC)cc2)cc1. The largest absolute Gasteiger partial charge is 0.497 e. The van der Waals surface area contributed by atoms with Crippen LogP contribution in [0.3, 0.4) is 0 Å². The zero-order valence-corrected chi connectivity index (χ0v) is 24.2. The number of halogens is 5. The van der Waals surface area contributed by atoms with Gasteiger partial charge in [-0.05, 0) is 59.2 Å². The predicted molar refractivity (Wildman–Crippen MR) is 156 cm³/mol. The number of benzene rings is 4. The summed E-state index contributed by atoms with van der Waals surface area (Å²) in [7, 11) is 3.09. The number of nitrogens with one attached hydrogen (secondary N) is 1. The van der Waals surface area contributed by atoms with Gasteiger partial charge in [0.1, 0.15) is 29.5 Å². The molecule has 5 nitrogen and oxygen atoms in total. The molecule has 0 saturated heterocycles. The Morgan fingerprint density at radius 3 is 1.95 bits per heavy atom. The lowest BCUT2D eigenvalue weighted by Crippen LogP contribution is -2.55. The molecular formula is C32H27BrF4N2O3. The van der Waals surface area contributed by atoms with Crippen molar-refractivity contribution >= 4 is 22.0 Å². The second-order valence-electron chi connectivity index (χ2n) is 9.64. The third-order valence-electron chi connectivity index (χ3n) is 7.37. The number of rotatable bonds is 8. The van der Waals surface area contributed by atoms with Crippen LogP contribution in [0.1, 0.15) is 22.3 Å². The van der Waals surface area contributed by atoms with Gasteiger partial charge in [-0.15, -0.1) is 0 Å². The van der Waals surface area contributed by atoms with E-state index < -0.39 is 41.7 Å². The Labute approximate surface area is 249 Å². The predicted octanol–water partition coefficient (Wildman–Crippen LogP) is 7.37. The Hall–Kier alpha value is -4.05. The fourth-order valence-corrected chi connectivity index (χ4v) is 5.56. The van der Waals surface area contributed by atoms with Gasteiger partial charge < -0.3 is 19.5 Å². The van der Waals surface area contributed by atoms with Gasteiger partial charge in [0.05, 0.1) is 14.2 Å². The lowest BCUT2D eigenvalue weighted by molar-refractivity contribution is -0.0319. The van der Waals surface area contributed by atoms with Crippen molar-refractivity contribution in [2.24, 2.45) is 4.99 Å². The molecule has 0 aliphatic carbocycles. The third-order valence-corrected chi connectivity index (χ3v) is 7.86. The molecule has 1 heterocycles. The van der Waals surface area contributed by atoms with Crippen LogP contribution in [-0.4, -0.2) is 39.4 Å². The minimum absolute atomic E-state index is 0.303. The molecule has 0 spiro atoms. The van der Waals surface area contributed by atoms with E-state index in [9.17, 15) is 8.78 Å². The highest BCUT2D eigenvalue weighted by atomic mass is 79.9. The van der Waals surface area contributed by atoms with Crippen LogP contribution in [0.15, 0.2) is 107 Å². The van der Waals surface area contributed by atoms with Crippen molar-refractivity contribution in [1.29, 1.82) is 0 Å². The first-order chi connectivity index (χ1) is 20.2. The highest BCUT2D eigenvalue weighted by Gasteiger charge is 2.55. The number of hydrogen-bond acceptors (Lipinski definition) is 5. The van der Waals surface area contributed by atoms with Crippen molar-refractivity contribution in [2.75, 3.05) is 20.8 Å². The van der Waals surface area contributed by atoms with E-state index in [1.165, 1.54) is 6.07 Å². The van der Waals surface area contributed by atoms with E-state index >= 15 is 8.78 Å². The van der Waals surface area contributed by atoms with Gasteiger partial charge in [0.15, 0.2) is 11.7 Å². The number of alkyl halides is 3. The van der Waals surface area contributed by atoms with Crippen LogP contribution < -0.4 is 14.8 Å². The first-order valence-corrected chi connectivity index (χ1v) is 13.8. The Morgan fingerprint density at radius 1 is 0.881 bits per heavy atom. The van der Waals surface area contributed by atoms with Crippen LogP contribution in [-0.2, 0) is 15.8 Å². The fraction of sp³-hybridized carbons (Fsp3) is 0.219. The fourth-order valence-electron chi connectivity index (χ4n) is 5.20. The van der Waals surface area contributed by atoms with Crippen LogP contribution in [0.5, 0.6) is 11.5 Å². The number of nitrogens with zero attached hydrogens (tertiary/aromatic N) is 1. The minimum Gasteiger partial charge on any atom is -0.497 e. The van der Waals surface area contributed by atoms with Crippen LogP contribution in [0, 0.1) is 5.82 Å². The van der Waals surface area contributed by atoms with Gasteiger partial charge in [-0.2, -0.15) is 0 Å². The second kappa shape index (κ2) is 12.1. The molecule has 0 unspecified atom stereocenters. The third kappa shape index (κ3) is 5.19. The zero-order valence-electron chi connectivity index (χ0n) is 22.7. The van der Waals surface area contributed by atoms with Crippen LogP contribution in [0.4, 0.5) is 17.6 Å². The standard InChI is InChI=1S/C32H27BrF4N2O3/c1-40-24-13-8-21(9-14-24)31(20-6-4-3-5-7-20,22-10-15-25(41-2)16-11-22)38-30-39-32(29(36)37,28(35)19-42-30)26-18-23(33)12-17-27(26)34/h3-18,28-29H,19H2,1-2H3,(H,38,39)/t28-,32+/m0/s1. The summed E-state index contributed by atoms with van der Waals surface area (Å²) in [4.78, 5) is 4.14. The highest BCUT2D eigenvalue weighted by molar-refractivity contribution is 9.10. The van der Waals surface area contributed by atoms with E-state index in [4.69, 9.17) is 14.2 Å². The van der Waals surface area contributed by atoms with Crippen molar-refractivity contribution in [1.82, 2.24) is 5.32 Å². The molecule has 1 N–H and O–H groups in total. The molecule has 2 atom stereocenters. The summed E-state index contributed by atoms with van der Waals surface area (Å²) in [5.74, 6) is 0.193. The summed E-state index contributed by atoms with van der Waals surface area (Å²) in [5, 5.41) is 3.24. The van der Waals surface area contributed by atoms with E-state index in [0.29, 0.717) is 32.7 Å². The van der Waals surface area contributed by atoms with Crippen molar-refractivity contribution < 1.29 is 31.8 Å². The number of hydrogen-bond donors (Lipinski definition) is 1. The minimum atomic E-state index is -3.40. The molecule has 0 fully saturated rings. The summed E-state index contributed by atoms with van der Waals surface area (Å²) >= 11 is 3.19. The first kappa shape index (κ1) is 29.4. The van der Waals surface area contributed by atoms with Crippen molar-refractivity contribution in [3.63, 3.8) is 0 Å². The number of methoxy groups -OCH3 is 2. The molecule has 0 bridgehead atoms. The maximum Gasteiger partial charge on any atom is 0.287 e. The topological polar surface area (TPSA) is 52.1 Å².